The molecule has 0 amide bonds. The number of nitrogens with zero attached hydrogens (tertiary/aromatic N) is 1. The maximum Gasteiger partial charge on any atom is 0.490 e. The van der Waals surface area contributed by atoms with E-state index in [9.17, 15) is 38.4 Å². The Kier molecular flexibility index (Phi) is 8.35. The van der Waals surface area contributed by atoms with Crippen LogP contribution in [0.5, 0.6) is 0 Å². The van der Waals surface area contributed by atoms with E-state index in [0.717, 1.165) is 6.07 Å². The largest absolute Gasteiger partial charge is 0.490 e. The number of aliphatic hydroxyl groups excluding tert-OH is 1. The fourth-order valence-electron chi connectivity index (χ4n) is 2.76. The third-order valence-electron chi connectivity index (χ3n) is 3.95. The van der Waals surface area contributed by atoms with Gasteiger partial charge in [-0.25, -0.2) is 18.5 Å². The Balaban J connectivity index is 2.29. The zero-order valence-electron chi connectivity index (χ0n) is 16.0. The quantitative estimate of drug-likeness (QED) is 0.140. The van der Waals surface area contributed by atoms with Gasteiger partial charge in [0.15, 0.2) is 6.23 Å². The lowest BCUT2D eigenvalue weighted by molar-refractivity contribution is -0.0771. The first-order valence-electron chi connectivity index (χ1n) is 8.20. The minimum atomic E-state index is -5.80. The Morgan fingerprint density at radius 1 is 1.21 bits per heavy atom. The highest BCUT2D eigenvalue weighted by Crippen LogP contribution is 2.66. The average molecular weight is 557 g/mol. The maximum atomic E-state index is 12.2. The van der Waals surface area contributed by atoms with E-state index in [-0.39, 0.29) is 5.69 Å². The fourth-order valence-corrected chi connectivity index (χ4v) is 5.94. The second-order valence-corrected chi connectivity index (χ2v) is 11.0. The summed E-state index contributed by atoms with van der Waals surface area (Å²) in [6, 6.07) is 0.949. The number of hydrogen-bond acceptors (Lipinski definition) is 11. The first kappa shape index (κ1) is 28.1. The molecule has 0 bridgehead atoms. The van der Waals surface area contributed by atoms with Crippen LogP contribution in [0, 0.1) is 18.2 Å². The molecular formula is C12H16ClN2O15P3. The van der Waals surface area contributed by atoms with Crippen LogP contribution in [0.25, 0.3) is 0 Å². The molecule has 17 nitrogen and oxygen atoms in total. The van der Waals surface area contributed by atoms with Gasteiger partial charge in [-0.3, -0.25) is 18.9 Å². The number of hydrogen-bond donors (Lipinski definition) is 7. The molecule has 1 aliphatic rings. The molecule has 21 heteroatoms. The highest BCUT2D eigenvalue weighted by atomic mass is 35.5. The summed E-state index contributed by atoms with van der Waals surface area (Å²) in [5, 5.41) is 23.0. The number of aryl methyl sites for hydroxylation is 1. The van der Waals surface area contributed by atoms with Gasteiger partial charge in [-0.15, -0.1) is 0 Å². The van der Waals surface area contributed by atoms with Gasteiger partial charge in [0.2, 0.25) is 5.60 Å². The van der Waals surface area contributed by atoms with Crippen LogP contribution < -0.4 is 11.2 Å². The molecule has 1 aromatic rings. The van der Waals surface area contributed by atoms with Crippen molar-refractivity contribution in [2.75, 3.05) is 6.61 Å². The van der Waals surface area contributed by atoms with Crippen LogP contribution in [0.15, 0.2) is 15.7 Å². The molecule has 2 heterocycles. The smallest absolute Gasteiger partial charge is 0.386 e. The second-order valence-electron chi connectivity index (χ2n) is 6.35. The van der Waals surface area contributed by atoms with Crippen molar-refractivity contribution in [1.82, 2.24) is 9.55 Å². The summed E-state index contributed by atoms with van der Waals surface area (Å²) in [5.41, 5.74) is -4.55. The number of H-pyrrole nitrogens is 1. The second kappa shape index (κ2) is 9.82. The van der Waals surface area contributed by atoms with Crippen molar-refractivity contribution in [3.05, 3.63) is 32.6 Å². The van der Waals surface area contributed by atoms with E-state index in [2.05, 4.69) is 13.1 Å². The summed E-state index contributed by atoms with van der Waals surface area (Å²) in [7, 11) is -17.0. The molecule has 7 N–H and O–H groups in total. The normalized spacial score (nSPS) is 29.0. The molecule has 0 saturated carbocycles. The molecule has 0 aliphatic carbocycles. The number of halogens is 1. The fraction of sp³-hybridized carbons (Fsp3) is 0.500. The Bertz CT molecular complexity index is 1230. The number of rotatable bonds is 8. The lowest BCUT2D eigenvalue weighted by Gasteiger charge is -2.27. The molecule has 33 heavy (non-hydrogen) atoms. The SMILES string of the molecule is Cc1cc(=O)[nH]c(=O)n1[C@@H]1O[C@H](COP(=O)(O)OP(=O)(O)OP(=O)(O)O)[C@H](O)C1(O)C#CCl. The van der Waals surface area contributed by atoms with Crippen LogP contribution in [0.3, 0.4) is 0 Å². The van der Waals surface area contributed by atoms with Crippen LogP contribution in [-0.4, -0.2) is 63.8 Å². The van der Waals surface area contributed by atoms with E-state index in [1.165, 1.54) is 6.92 Å². The van der Waals surface area contributed by atoms with Gasteiger partial charge in [0.1, 0.15) is 12.2 Å². The summed E-state index contributed by atoms with van der Waals surface area (Å²) in [4.78, 5) is 61.2. The molecule has 1 aromatic heterocycles. The average Bonchev–Trinajstić information content (AvgIpc) is 2.81. The lowest BCUT2D eigenvalue weighted by Crippen LogP contribution is -2.48. The van der Waals surface area contributed by atoms with E-state index in [1.807, 2.05) is 10.9 Å². The molecule has 1 aliphatic heterocycles. The van der Waals surface area contributed by atoms with Crippen molar-refractivity contribution in [2.45, 2.75) is 31.0 Å². The maximum absolute atomic E-state index is 12.2. The molecule has 0 aromatic carbocycles. The van der Waals surface area contributed by atoms with E-state index in [0.29, 0.717) is 4.57 Å². The number of phosphoric ester groups is 1. The van der Waals surface area contributed by atoms with E-state index >= 15 is 0 Å². The van der Waals surface area contributed by atoms with Crippen molar-refractivity contribution in [3.8, 4) is 11.3 Å². The topological polar surface area (TPSA) is 264 Å². The van der Waals surface area contributed by atoms with Gasteiger partial charge in [0.05, 0.1) is 6.61 Å². The molecule has 186 valence electrons. The van der Waals surface area contributed by atoms with Gasteiger partial charge in [-0.2, -0.15) is 8.62 Å². The summed E-state index contributed by atoms with van der Waals surface area (Å²) in [5.74, 6) is 2.01. The van der Waals surface area contributed by atoms with Crippen LogP contribution in [-0.2, 0) is 31.6 Å². The van der Waals surface area contributed by atoms with E-state index in [4.69, 9.17) is 31.0 Å². The summed E-state index contributed by atoms with van der Waals surface area (Å²) < 4.78 is 51.3. The van der Waals surface area contributed by atoms with Gasteiger partial charge in [0, 0.05) is 17.1 Å². The number of phosphoric acid groups is 3. The van der Waals surface area contributed by atoms with Crippen LogP contribution in [0.1, 0.15) is 11.9 Å². The summed E-state index contributed by atoms with van der Waals surface area (Å²) >= 11 is 5.31. The minimum absolute atomic E-state index is 0.0516. The molecule has 0 spiro atoms. The van der Waals surface area contributed by atoms with Crippen LogP contribution in [0.2, 0.25) is 0 Å². The zero-order valence-corrected chi connectivity index (χ0v) is 19.5. The van der Waals surface area contributed by atoms with Crippen molar-refractivity contribution < 1.29 is 61.4 Å². The van der Waals surface area contributed by atoms with Gasteiger partial charge in [0.25, 0.3) is 5.56 Å². The van der Waals surface area contributed by atoms with Gasteiger partial charge in [-0.1, -0.05) is 0 Å². The monoisotopic (exact) mass is 556 g/mol. The predicted octanol–water partition coefficient (Wildman–Crippen LogP) is -1.62. The van der Waals surface area contributed by atoms with Crippen LogP contribution in [0.4, 0.5) is 0 Å². The minimum Gasteiger partial charge on any atom is -0.386 e. The zero-order chi connectivity index (χ0) is 25.4. The Morgan fingerprint density at radius 2 is 1.82 bits per heavy atom. The summed E-state index contributed by atoms with van der Waals surface area (Å²) in [6.45, 7) is 0.116. The van der Waals surface area contributed by atoms with Crippen LogP contribution >= 0.6 is 35.1 Å². The molecule has 2 rings (SSSR count). The highest BCUT2D eigenvalue weighted by Gasteiger charge is 2.57. The number of aromatic nitrogens is 2. The van der Waals surface area contributed by atoms with Crippen molar-refractivity contribution in [1.29, 1.82) is 0 Å². The van der Waals surface area contributed by atoms with Gasteiger partial charge < -0.3 is 34.5 Å². The molecule has 3 unspecified atom stereocenters. The first-order chi connectivity index (χ1) is 14.9. The molecule has 6 atom stereocenters. The highest BCUT2D eigenvalue weighted by molar-refractivity contribution is 7.66. The molecule has 0 radical (unpaired) electrons. The Hall–Kier alpha value is -1.18. The number of nitrogens with one attached hydrogen (secondary N) is 1. The number of ether oxygens (including phenoxy) is 1. The summed E-state index contributed by atoms with van der Waals surface area (Å²) in [6.07, 6.45) is -5.68. The van der Waals surface area contributed by atoms with Gasteiger partial charge >= 0.3 is 29.2 Å². The number of aromatic amines is 1. The van der Waals surface area contributed by atoms with Gasteiger partial charge in [-0.05, 0) is 24.4 Å². The third kappa shape index (κ3) is 6.92. The van der Waals surface area contributed by atoms with Crippen molar-refractivity contribution in [3.63, 3.8) is 0 Å². The standard InChI is InChI=1S/C12H16ClN2O15P3/c1-6-4-8(16)14-11(18)15(6)10-12(19,2-3-13)9(17)7(28-10)5-27-32(23,24)30-33(25,26)29-31(20,21)22/h4,7,9-10,17,19H,5H2,1H3,(H,23,24)(H,25,26)(H,14,16,18)(H2,20,21,22)/t7-,9+,10-,12?/m1/s1. The van der Waals surface area contributed by atoms with Crippen molar-refractivity contribution >= 4 is 35.1 Å². The first-order valence-corrected chi connectivity index (χ1v) is 13.1. The van der Waals surface area contributed by atoms with E-state index in [1.54, 1.807) is 5.38 Å². The molecular weight excluding hydrogens is 541 g/mol. The van der Waals surface area contributed by atoms with Crippen molar-refractivity contribution in [2.24, 2.45) is 0 Å². The Labute approximate surface area is 187 Å². The third-order valence-corrected chi connectivity index (χ3v) is 7.85. The number of aliphatic hydroxyl groups is 2. The molecule has 1 fully saturated rings. The Morgan fingerprint density at radius 3 is 2.33 bits per heavy atom. The predicted molar refractivity (Wildman–Crippen MR) is 104 cm³/mol. The lowest BCUT2D eigenvalue weighted by atomic mass is 9.95. The molecule has 1 saturated heterocycles. The van der Waals surface area contributed by atoms with E-state index < -0.39 is 65.4 Å².